The van der Waals surface area contributed by atoms with Crippen molar-refractivity contribution in [2.75, 3.05) is 6.61 Å². The topological polar surface area (TPSA) is 48.1 Å². The van der Waals surface area contributed by atoms with Crippen LogP contribution in [0.4, 0.5) is 13.2 Å². The number of nitrogens with zero attached hydrogens (tertiary/aromatic N) is 1. The van der Waals surface area contributed by atoms with Crippen molar-refractivity contribution >= 4 is 0 Å². The average Bonchev–Trinajstić information content (AvgIpc) is 2.26. The summed E-state index contributed by atoms with van der Waals surface area (Å²) in [6.45, 7) is 6.49. The number of nitrogens with two attached hydrogens (primary N) is 1. The summed E-state index contributed by atoms with van der Waals surface area (Å²) < 4.78 is 43.0. The van der Waals surface area contributed by atoms with E-state index in [9.17, 15) is 13.2 Å². The van der Waals surface area contributed by atoms with Crippen molar-refractivity contribution in [2.24, 2.45) is 11.1 Å². The molecule has 1 aromatic rings. The Hall–Kier alpha value is -1.30. The third kappa shape index (κ3) is 5.06. The van der Waals surface area contributed by atoms with Crippen molar-refractivity contribution in [1.29, 1.82) is 0 Å². The van der Waals surface area contributed by atoms with E-state index in [1.165, 1.54) is 6.07 Å². The summed E-state index contributed by atoms with van der Waals surface area (Å²) >= 11 is 0. The van der Waals surface area contributed by atoms with E-state index in [-0.39, 0.29) is 17.8 Å². The second kappa shape index (κ2) is 5.77. The van der Waals surface area contributed by atoms with Gasteiger partial charge in [-0.1, -0.05) is 26.8 Å². The SMILES string of the molecule is CC(C)(C)CCOc1nc(C(F)(F)F)ccc1CN. The molecule has 0 atom stereocenters. The van der Waals surface area contributed by atoms with E-state index in [2.05, 4.69) is 4.98 Å². The standard InChI is InChI=1S/C13H19F3N2O/c1-12(2,3)6-7-19-11-9(8-17)4-5-10(18-11)13(14,15)16/h4-5H,6-8,17H2,1-3H3. The molecule has 0 unspecified atom stereocenters. The van der Waals surface area contributed by atoms with Gasteiger partial charge in [-0.2, -0.15) is 13.2 Å². The van der Waals surface area contributed by atoms with Gasteiger partial charge >= 0.3 is 6.18 Å². The number of halogens is 3. The molecule has 0 saturated carbocycles. The molecular formula is C13H19F3N2O. The van der Waals surface area contributed by atoms with E-state index >= 15 is 0 Å². The van der Waals surface area contributed by atoms with E-state index in [0.29, 0.717) is 12.2 Å². The van der Waals surface area contributed by atoms with Gasteiger partial charge in [-0.3, -0.25) is 0 Å². The summed E-state index contributed by atoms with van der Waals surface area (Å²) in [6.07, 6.45) is -3.76. The van der Waals surface area contributed by atoms with Crippen molar-refractivity contribution < 1.29 is 17.9 Å². The fourth-order valence-corrected chi connectivity index (χ4v) is 1.36. The Balaban J connectivity index is 2.85. The number of aromatic nitrogens is 1. The molecular weight excluding hydrogens is 257 g/mol. The number of rotatable bonds is 4. The minimum absolute atomic E-state index is 0.0263. The summed E-state index contributed by atoms with van der Waals surface area (Å²) in [5.41, 5.74) is 5.02. The van der Waals surface area contributed by atoms with Crippen LogP contribution in [-0.4, -0.2) is 11.6 Å². The highest BCUT2D eigenvalue weighted by Gasteiger charge is 2.33. The molecule has 0 radical (unpaired) electrons. The Bertz CT molecular complexity index is 425. The van der Waals surface area contributed by atoms with Gasteiger partial charge in [0.15, 0.2) is 0 Å². The van der Waals surface area contributed by atoms with Crippen molar-refractivity contribution in [3.8, 4) is 5.88 Å². The fourth-order valence-electron chi connectivity index (χ4n) is 1.36. The first kappa shape index (κ1) is 15.8. The van der Waals surface area contributed by atoms with Gasteiger partial charge in [0.1, 0.15) is 5.69 Å². The number of pyridine rings is 1. The van der Waals surface area contributed by atoms with Crippen molar-refractivity contribution in [3.63, 3.8) is 0 Å². The van der Waals surface area contributed by atoms with Crippen LogP contribution in [0.5, 0.6) is 5.88 Å². The largest absolute Gasteiger partial charge is 0.477 e. The lowest BCUT2D eigenvalue weighted by Gasteiger charge is -2.19. The Labute approximate surface area is 111 Å². The number of hydrogen-bond acceptors (Lipinski definition) is 3. The Morgan fingerprint density at radius 2 is 1.84 bits per heavy atom. The third-order valence-electron chi connectivity index (χ3n) is 2.54. The summed E-state index contributed by atoms with van der Waals surface area (Å²) in [5.74, 6) is -0.0263. The predicted molar refractivity (Wildman–Crippen MR) is 66.7 cm³/mol. The molecule has 1 heterocycles. The van der Waals surface area contributed by atoms with Crippen LogP contribution in [0.15, 0.2) is 12.1 Å². The summed E-state index contributed by atoms with van der Waals surface area (Å²) in [7, 11) is 0. The van der Waals surface area contributed by atoms with Crippen LogP contribution < -0.4 is 10.5 Å². The molecule has 0 amide bonds. The highest BCUT2D eigenvalue weighted by Crippen LogP contribution is 2.30. The van der Waals surface area contributed by atoms with Gasteiger partial charge in [-0.15, -0.1) is 0 Å². The molecule has 6 heteroatoms. The number of ether oxygens (including phenoxy) is 1. The summed E-state index contributed by atoms with van der Waals surface area (Å²) in [6, 6.07) is 2.22. The van der Waals surface area contributed by atoms with Gasteiger partial charge in [0, 0.05) is 12.1 Å². The maximum Gasteiger partial charge on any atom is 0.433 e. The zero-order valence-electron chi connectivity index (χ0n) is 11.3. The van der Waals surface area contributed by atoms with E-state index in [1.54, 1.807) is 0 Å². The van der Waals surface area contributed by atoms with Gasteiger partial charge in [-0.25, -0.2) is 4.98 Å². The number of alkyl halides is 3. The second-order valence-corrected chi connectivity index (χ2v) is 5.52. The summed E-state index contributed by atoms with van der Waals surface area (Å²) in [5, 5.41) is 0. The quantitative estimate of drug-likeness (QED) is 0.917. The molecule has 19 heavy (non-hydrogen) atoms. The van der Waals surface area contributed by atoms with Gasteiger partial charge in [0.25, 0.3) is 0 Å². The molecule has 0 aliphatic heterocycles. The maximum absolute atomic E-state index is 12.6. The van der Waals surface area contributed by atoms with E-state index in [0.717, 1.165) is 12.5 Å². The minimum atomic E-state index is -4.48. The fraction of sp³-hybridized carbons (Fsp3) is 0.615. The van der Waals surface area contributed by atoms with Crippen molar-refractivity contribution in [2.45, 2.75) is 39.9 Å². The van der Waals surface area contributed by atoms with E-state index in [1.807, 2.05) is 20.8 Å². The highest BCUT2D eigenvalue weighted by molar-refractivity contribution is 5.29. The minimum Gasteiger partial charge on any atom is -0.477 e. The van der Waals surface area contributed by atoms with Crippen molar-refractivity contribution in [3.05, 3.63) is 23.4 Å². The zero-order chi connectivity index (χ0) is 14.7. The van der Waals surface area contributed by atoms with E-state index in [4.69, 9.17) is 10.5 Å². The first-order valence-electron chi connectivity index (χ1n) is 6.03. The van der Waals surface area contributed by atoms with Gasteiger partial charge in [0.2, 0.25) is 5.88 Å². The average molecular weight is 276 g/mol. The molecule has 1 rings (SSSR count). The molecule has 0 aliphatic carbocycles. The molecule has 2 N–H and O–H groups in total. The second-order valence-electron chi connectivity index (χ2n) is 5.52. The van der Waals surface area contributed by atoms with Crippen molar-refractivity contribution in [1.82, 2.24) is 4.98 Å². The molecule has 1 aromatic heterocycles. The van der Waals surface area contributed by atoms with Crippen LogP contribution in [0, 0.1) is 5.41 Å². The lowest BCUT2D eigenvalue weighted by atomic mass is 9.93. The lowest BCUT2D eigenvalue weighted by molar-refractivity contribution is -0.141. The Morgan fingerprint density at radius 3 is 2.32 bits per heavy atom. The van der Waals surface area contributed by atoms with E-state index < -0.39 is 11.9 Å². The van der Waals surface area contributed by atoms with Crippen LogP contribution in [0.3, 0.4) is 0 Å². The summed E-state index contributed by atoms with van der Waals surface area (Å²) in [4.78, 5) is 3.51. The lowest BCUT2D eigenvalue weighted by Crippen LogP contribution is -2.15. The van der Waals surface area contributed by atoms with Crippen LogP contribution >= 0.6 is 0 Å². The molecule has 0 saturated heterocycles. The number of hydrogen-bond donors (Lipinski definition) is 1. The Kier molecular flexibility index (Phi) is 4.79. The molecule has 108 valence electrons. The first-order chi connectivity index (χ1) is 8.63. The Morgan fingerprint density at radius 1 is 1.21 bits per heavy atom. The maximum atomic E-state index is 12.6. The normalized spacial score (nSPS) is 12.6. The van der Waals surface area contributed by atoms with Crippen LogP contribution in [-0.2, 0) is 12.7 Å². The zero-order valence-corrected chi connectivity index (χ0v) is 11.3. The van der Waals surface area contributed by atoms with Gasteiger partial charge in [-0.05, 0) is 17.9 Å². The highest BCUT2D eigenvalue weighted by atomic mass is 19.4. The molecule has 0 aliphatic rings. The molecule has 3 nitrogen and oxygen atoms in total. The third-order valence-corrected chi connectivity index (χ3v) is 2.54. The smallest absolute Gasteiger partial charge is 0.433 e. The predicted octanol–water partition coefficient (Wildman–Crippen LogP) is 3.37. The van der Waals surface area contributed by atoms with Gasteiger partial charge < -0.3 is 10.5 Å². The van der Waals surface area contributed by atoms with Gasteiger partial charge in [0.05, 0.1) is 6.61 Å². The molecule has 0 spiro atoms. The van der Waals surface area contributed by atoms with Crippen LogP contribution in [0.1, 0.15) is 38.4 Å². The first-order valence-corrected chi connectivity index (χ1v) is 6.03. The van der Waals surface area contributed by atoms with Crippen LogP contribution in [0.25, 0.3) is 0 Å². The monoisotopic (exact) mass is 276 g/mol. The van der Waals surface area contributed by atoms with Crippen LogP contribution in [0.2, 0.25) is 0 Å². The molecule has 0 bridgehead atoms. The molecule has 0 fully saturated rings. The molecule has 0 aromatic carbocycles.